The zero-order valence-corrected chi connectivity index (χ0v) is 20.8. The number of fused-ring (bicyclic) bond motifs is 2. The zero-order chi connectivity index (χ0) is 24.7. The van der Waals surface area contributed by atoms with Gasteiger partial charge in [0.05, 0.1) is 12.8 Å². The van der Waals surface area contributed by atoms with E-state index >= 15 is 0 Å². The van der Waals surface area contributed by atoms with Gasteiger partial charge in [0.2, 0.25) is 0 Å². The molecule has 2 bridgehead atoms. The van der Waals surface area contributed by atoms with Crippen LogP contribution >= 0.6 is 0 Å². The monoisotopic (exact) mass is 487 g/mol. The Hall–Kier alpha value is -2.64. The number of amides is 1. The number of nitrogens with one attached hydrogen (secondary N) is 1. The summed E-state index contributed by atoms with van der Waals surface area (Å²) in [6, 6.07) is 3.31. The molecule has 1 amide bonds. The molecule has 190 valence electrons. The number of carbonyl (C=O) groups excluding carboxylic acids is 1. The van der Waals surface area contributed by atoms with Crippen molar-refractivity contribution in [1.82, 2.24) is 4.98 Å². The van der Waals surface area contributed by atoms with Crippen molar-refractivity contribution in [1.29, 1.82) is 0 Å². The zero-order valence-electron chi connectivity index (χ0n) is 20.8. The molecular formula is C27H35F2N3O3. The Morgan fingerprint density at radius 3 is 2.49 bits per heavy atom. The third-order valence-electron chi connectivity index (χ3n) is 8.34. The topological polar surface area (TPSA) is 67.6 Å². The van der Waals surface area contributed by atoms with Crippen LogP contribution in [0.2, 0.25) is 0 Å². The number of aryl methyl sites for hydroxylation is 2. The van der Waals surface area contributed by atoms with E-state index in [0.717, 1.165) is 38.8 Å². The SMILES string of the molecule is CCC1(CC)CN(c2nc(C(=O)Nc3cc(C)c(OC4CC5CC(C5)C4)c(F)c3)c(CCF)o2)C1. The number of carbonyl (C=O) groups is 1. The van der Waals surface area contributed by atoms with E-state index in [2.05, 4.69) is 24.1 Å². The van der Waals surface area contributed by atoms with Crippen LogP contribution < -0.4 is 15.0 Å². The molecule has 1 N–H and O–H groups in total. The number of rotatable bonds is 9. The molecule has 35 heavy (non-hydrogen) atoms. The molecule has 0 radical (unpaired) electrons. The van der Waals surface area contributed by atoms with Gasteiger partial charge in [0.25, 0.3) is 11.9 Å². The Bertz CT molecular complexity index is 1050. The number of hydrogen-bond acceptors (Lipinski definition) is 5. The molecule has 0 atom stereocenters. The minimum absolute atomic E-state index is 0.0418. The van der Waals surface area contributed by atoms with Gasteiger partial charge in [-0.3, -0.25) is 9.18 Å². The Labute approximate surface area is 205 Å². The lowest BCUT2D eigenvalue weighted by atomic mass is 9.64. The van der Waals surface area contributed by atoms with Crippen molar-refractivity contribution in [2.75, 3.05) is 30.0 Å². The molecule has 6 rings (SSSR count). The van der Waals surface area contributed by atoms with Crippen molar-refractivity contribution in [3.8, 4) is 5.75 Å². The number of aromatic nitrogens is 1. The summed E-state index contributed by atoms with van der Waals surface area (Å²) in [7, 11) is 0. The molecule has 4 aliphatic rings. The van der Waals surface area contributed by atoms with E-state index in [1.54, 1.807) is 13.0 Å². The highest BCUT2D eigenvalue weighted by atomic mass is 19.1. The third kappa shape index (κ3) is 4.64. The van der Waals surface area contributed by atoms with Crippen LogP contribution in [0.1, 0.15) is 74.2 Å². The molecule has 4 fully saturated rings. The average Bonchev–Trinajstić information content (AvgIpc) is 3.20. The summed E-state index contributed by atoms with van der Waals surface area (Å²) in [5.41, 5.74) is 1.21. The van der Waals surface area contributed by atoms with Crippen molar-refractivity contribution in [3.05, 3.63) is 35.0 Å². The van der Waals surface area contributed by atoms with Gasteiger partial charge < -0.3 is 19.4 Å². The molecule has 3 aliphatic carbocycles. The smallest absolute Gasteiger partial charge is 0.298 e. The molecule has 0 spiro atoms. The first-order valence-corrected chi connectivity index (χ1v) is 12.9. The van der Waals surface area contributed by atoms with Gasteiger partial charge in [-0.2, -0.15) is 4.98 Å². The van der Waals surface area contributed by atoms with Crippen molar-refractivity contribution >= 4 is 17.6 Å². The Kier molecular flexibility index (Phi) is 6.49. The van der Waals surface area contributed by atoms with Crippen molar-refractivity contribution < 1.29 is 22.7 Å². The standard InChI is InChI=1S/C27H35F2N3O3/c1-4-27(5-2)14-32(15-27)26-31-23(22(35-26)6-7-28)25(33)30-19-8-16(3)24(21(29)13-19)34-20-11-17-9-18(10-17)12-20/h8,13,17-18,20H,4-7,9-12,14-15H2,1-3H3,(H,30,33). The van der Waals surface area contributed by atoms with E-state index < -0.39 is 18.4 Å². The summed E-state index contributed by atoms with van der Waals surface area (Å²) >= 11 is 0. The predicted molar refractivity (Wildman–Crippen MR) is 130 cm³/mol. The molecule has 0 unspecified atom stereocenters. The molecule has 2 aromatic rings. The molecule has 8 heteroatoms. The average molecular weight is 488 g/mol. The summed E-state index contributed by atoms with van der Waals surface area (Å²) in [5.74, 6) is 0.843. The fourth-order valence-electron chi connectivity index (χ4n) is 6.01. The van der Waals surface area contributed by atoms with Gasteiger partial charge >= 0.3 is 0 Å². The Morgan fingerprint density at radius 2 is 1.89 bits per heavy atom. The minimum atomic E-state index is -0.661. The molecule has 2 heterocycles. The lowest BCUT2D eigenvalue weighted by Gasteiger charge is -2.48. The lowest BCUT2D eigenvalue weighted by Crippen LogP contribution is -2.56. The third-order valence-corrected chi connectivity index (χ3v) is 8.34. The van der Waals surface area contributed by atoms with Gasteiger partial charge in [-0.25, -0.2) is 4.39 Å². The van der Waals surface area contributed by atoms with E-state index in [9.17, 15) is 13.6 Å². The molecular weight excluding hydrogens is 452 g/mol. The van der Waals surface area contributed by atoms with E-state index in [-0.39, 0.29) is 35.1 Å². The second-order valence-electron chi connectivity index (χ2n) is 10.7. The van der Waals surface area contributed by atoms with Gasteiger partial charge in [-0.05, 0) is 68.9 Å². The van der Waals surface area contributed by atoms with Crippen LogP contribution in [0, 0.1) is 30.0 Å². The maximum absolute atomic E-state index is 15.0. The van der Waals surface area contributed by atoms with E-state index in [1.807, 2.05) is 4.90 Å². The van der Waals surface area contributed by atoms with Crippen molar-refractivity contribution in [2.45, 2.75) is 71.8 Å². The maximum atomic E-state index is 15.0. The molecule has 1 aromatic heterocycles. The van der Waals surface area contributed by atoms with Crippen LogP contribution in [0.4, 0.5) is 20.5 Å². The van der Waals surface area contributed by atoms with E-state index in [0.29, 0.717) is 29.1 Å². The summed E-state index contributed by atoms with van der Waals surface area (Å²) in [5, 5.41) is 2.71. The number of ether oxygens (including phenoxy) is 1. The summed E-state index contributed by atoms with van der Waals surface area (Å²) < 4.78 is 39.9. The quantitative estimate of drug-likeness (QED) is 0.464. The number of benzene rings is 1. The first kappa shape index (κ1) is 24.1. The van der Waals surface area contributed by atoms with Crippen LogP contribution in [0.3, 0.4) is 0 Å². The number of halogens is 2. The molecule has 1 saturated heterocycles. The second kappa shape index (κ2) is 9.43. The van der Waals surface area contributed by atoms with Gasteiger partial charge in [-0.15, -0.1) is 0 Å². The second-order valence-corrected chi connectivity index (χ2v) is 10.7. The maximum Gasteiger partial charge on any atom is 0.298 e. The number of oxazole rings is 1. The van der Waals surface area contributed by atoms with Crippen molar-refractivity contribution in [2.24, 2.45) is 17.3 Å². The molecule has 3 saturated carbocycles. The van der Waals surface area contributed by atoms with Crippen LogP contribution in [0.25, 0.3) is 0 Å². The number of nitrogens with zero attached hydrogens (tertiary/aromatic N) is 2. The summed E-state index contributed by atoms with van der Waals surface area (Å²) in [4.78, 5) is 19.4. The van der Waals surface area contributed by atoms with Crippen LogP contribution in [0.5, 0.6) is 5.75 Å². The van der Waals surface area contributed by atoms with Crippen molar-refractivity contribution in [3.63, 3.8) is 0 Å². The normalized spacial score (nSPS) is 24.5. The number of hydrogen-bond donors (Lipinski definition) is 1. The fraction of sp³-hybridized carbons (Fsp3) is 0.630. The van der Waals surface area contributed by atoms with E-state index in [4.69, 9.17) is 9.15 Å². The predicted octanol–water partition coefficient (Wildman–Crippen LogP) is 6.08. The van der Waals surface area contributed by atoms with Crippen LogP contribution in [0.15, 0.2) is 16.5 Å². The Balaban J connectivity index is 1.28. The molecule has 1 aliphatic heterocycles. The highest BCUT2D eigenvalue weighted by Gasteiger charge is 2.42. The van der Waals surface area contributed by atoms with Crippen LogP contribution in [-0.4, -0.2) is 36.8 Å². The fourth-order valence-corrected chi connectivity index (χ4v) is 6.01. The first-order chi connectivity index (χ1) is 16.8. The minimum Gasteiger partial charge on any atom is -0.487 e. The highest BCUT2D eigenvalue weighted by Crippen LogP contribution is 2.47. The number of anilines is 2. The van der Waals surface area contributed by atoms with Gasteiger partial charge in [0.1, 0.15) is 5.76 Å². The molecule has 6 nitrogen and oxygen atoms in total. The summed E-state index contributed by atoms with van der Waals surface area (Å²) in [6.45, 7) is 7.04. The Morgan fingerprint density at radius 1 is 1.20 bits per heavy atom. The van der Waals surface area contributed by atoms with Crippen LogP contribution in [-0.2, 0) is 6.42 Å². The van der Waals surface area contributed by atoms with Gasteiger partial charge in [0.15, 0.2) is 17.3 Å². The summed E-state index contributed by atoms with van der Waals surface area (Å²) in [6.07, 6.45) is 6.63. The number of alkyl halides is 1. The largest absolute Gasteiger partial charge is 0.487 e. The van der Waals surface area contributed by atoms with E-state index in [1.165, 1.54) is 18.9 Å². The highest BCUT2D eigenvalue weighted by molar-refractivity contribution is 6.03. The first-order valence-electron chi connectivity index (χ1n) is 12.9. The molecule has 1 aromatic carbocycles. The van der Waals surface area contributed by atoms with Gasteiger partial charge in [0, 0.05) is 36.7 Å². The van der Waals surface area contributed by atoms with Gasteiger partial charge in [-0.1, -0.05) is 13.8 Å². The lowest BCUT2D eigenvalue weighted by molar-refractivity contribution is 0.0109.